The Kier molecular flexibility index (Phi) is 8.16. The number of aromatic nitrogens is 5. The molecule has 0 spiro atoms. The Labute approximate surface area is 258 Å². The van der Waals surface area contributed by atoms with Gasteiger partial charge in [0.25, 0.3) is 6.43 Å². The molecule has 1 N–H and O–H groups in total. The number of alkyl halides is 2. The van der Waals surface area contributed by atoms with Gasteiger partial charge in [-0.15, -0.1) is 0 Å². The van der Waals surface area contributed by atoms with Crippen molar-refractivity contribution in [2.75, 3.05) is 19.7 Å². The van der Waals surface area contributed by atoms with E-state index in [1.54, 1.807) is 24.4 Å². The molecule has 0 radical (unpaired) electrons. The highest BCUT2D eigenvalue weighted by Gasteiger charge is 2.26. The molecule has 45 heavy (non-hydrogen) atoms. The zero-order valence-corrected chi connectivity index (χ0v) is 24.7. The Morgan fingerprint density at radius 3 is 2.64 bits per heavy atom. The van der Waals surface area contributed by atoms with Gasteiger partial charge in [-0.1, -0.05) is 18.2 Å². The molecule has 1 atom stereocenters. The number of imidazole rings is 1. The van der Waals surface area contributed by atoms with Gasteiger partial charge in [0.05, 0.1) is 41.3 Å². The summed E-state index contributed by atoms with van der Waals surface area (Å²) in [6.07, 6.45) is 2.18. The molecule has 0 bridgehead atoms. The van der Waals surface area contributed by atoms with Crippen LogP contribution in [0.15, 0.2) is 60.8 Å². The first-order valence-electron chi connectivity index (χ1n) is 15.3. The van der Waals surface area contributed by atoms with Gasteiger partial charge in [0, 0.05) is 35.9 Å². The third-order valence-corrected chi connectivity index (χ3v) is 8.70. The molecular weight excluding hydrogens is 582 g/mol. The lowest BCUT2D eigenvalue weighted by Gasteiger charge is -2.32. The zero-order valence-electron chi connectivity index (χ0n) is 24.7. The summed E-state index contributed by atoms with van der Waals surface area (Å²) in [5.41, 5.74) is 4.43. The van der Waals surface area contributed by atoms with Crippen molar-refractivity contribution in [2.24, 2.45) is 0 Å². The Hall–Kier alpha value is -4.42. The van der Waals surface area contributed by atoms with Crippen LogP contribution in [0.4, 0.5) is 8.78 Å². The maximum absolute atomic E-state index is 12.7. The van der Waals surface area contributed by atoms with Gasteiger partial charge >= 0.3 is 5.97 Å². The largest absolute Gasteiger partial charge is 0.478 e. The van der Waals surface area contributed by atoms with Gasteiger partial charge in [0.1, 0.15) is 19.0 Å². The quantitative estimate of drug-likeness (QED) is 0.208. The van der Waals surface area contributed by atoms with Crippen molar-refractivity contribution in [3.63, 3.8) is 0 Å². The smallest absolute Gasteiger partial charge is 0.335 e. The van der Waals surface area contributed by atoms with Gasteiger partial charge in [-0.05, 0) is 68.2 Å². The molecule has 10 nitrogen and oxygen atoms in total. The molecule has 2 saturated heterocycles. The van der Waals surface area contributed by atoms with Gasteiger partial charge in [-0.25, -0.2) is 23.5 Å². The van der Waals surface area contributed by atoms with Crippen molar-refractivity contribution in [1.82, 2.24) is 29.2 Å². The number of fused-ring (bicyclic) bond motifs is 2. The van der Waals surface area contributed by atoms with Gasteiger partial charge in [0.15, 0.2) is 0 Å². The molecule has 12 heteroatoms. The molecule has 234 valence electrons. The van der Waals surface area contributed by atoms with Crippen LogP contribution >= 0.6 is 0 Å². The van der Waals surface area contributed by atoms with E-state index in [0.717, 1.165) is 72.5 Å². The summed E-state index contributed by atoms with van der Waals surface area (Å²) in [5, 5.41) is 14.6. The summed E-state index contributed by atoms with van der Waals surface area (Å²) in [6.45, 7) is 3.75. The average Bonchev–Trinajstić information content (AvgIpc) is 3.57. The first kappa shape index (κ1) is 29.3. The number of benzene rings is 2. The van der Waals surface area contributed by atoms with Crippen molar-refractivity contribution >= 4 is 27.9 Å². The van der Waals surface area contributed by atoms with E-state index in [2.05, 4.69) is 14.6 Å². The fourth-order valence-electron chi connectivity index (χ4n) is 6.18. The van der Waals surface area contributed by atoms with Crippen LogP contribution in [0.5, 0.6) is 5.88 Å². The van der Waals surface area contributed by atoms with Crippen LogP contribution in [-0.4, -0.2) is 72.5 Å². The summed E-state index contributed by atoms with van der Waals surface area (Å²) in [6, 6.07) is 16.6. The first-order valence-corrected chi connectivity index (χ1v) is 15.3. The number of carbonyl (C=O) groups is 1. The van der Waals surface area contributed by atoms with Crippen LogP contribution in [0, 0.1) is 0 Å². The normalized spacial score (nSPS) is 17.7. The van der Waals surface area contributed by atoms with E-state index in [-0.39, 0.29) is 11.7 Å². The standard InChI is InChI=1S/C33H34F2N6O4/c34-30(35)18-40-16-24-5-4-21(14-28(24)38-40)20-45-32-3-1-2-26(37-32)22-8-11-39(12-9-22)19-31-36-27-7-6-23(33(42)43)15-29(27)41(31)17-25-10-13-44-25/h1-7,14-16,22,25,30H,8-13,17-20H2,(H,42,43). The van der Waals surface area contributed by atoms with Crippen molar-refractivity contribution in [3.05, 3.63) is 83.4 Å². The number of carboxylic acid groups (broad SMARTS) is 1. The molecule has 0 amide bonds. The summed E-state index contributed by atoms with van der Waals surface area (Å²) in [7, 11) is 0. The Morgan fingerprint density at radius 1 is 1.04 bits per heavy atom. The molecule has 7 rings (SSSR count). The third-order valence-electron chi connectivity index (χ3n) is 8.70. The molecular formula is C33H34F2N6O4. The summed E-state index contributed by atoms with van der Waals surface area (Å²) >= 11 is 0. The maximum atomic E-state index is 12.7. The van der Waals surface area contributed by atoms with E-state index in [9.17, 15) is 18.7 Å². The SMILES string of the molecule is O=C(O)c1ccc2nc(CN3CCC(c4cccc(OCc5ccc6cn(CC(F)F)nc6c5)n4)CC3)n(CC3CCO3)c2c1. The third kappa shape index (κ3) is 6.52. The van der Waals surface area contributed by atoms with E-state index in [1.165, 1.54) is 4.68 Å². The molecule has 0 aliphatic carbocycles. The summed E-state index contributed by atoms with van der Waals surface area (Å²) in [5.74, 6) is 0.829. The molecule has 5 heterocycles. The number of rotatable bonds is 11. The predicted molar refractivity (Wildman–Crippen MR) is 163 cm³/mol. The van der Waals surface area contributed by atoms with Crippen LogP contribution in [0.3, 0.4) is 0 Å². The first-order chi connectivity index (χ1) is 21.9. The Balaban J connectivity index is 0.980. The number of carboxylic acids is 1. The molecule has 1 unspecified atom stereocenters. The van der Waals surface area contributed by atoms with Crippen LogP contribution in [0.2, 0.25) is 0 Å². The number of likely N-dealkylation sites (tertiary alicyclic amines) is 1. The highest BCUT2D eigenvalue weighted by Crippen LogP contribution is 2.30. The lowest BCUT2D eigenvalue weighted by atomic mass is 9.93. The minimum atomic E-state index is -2.45. The van der Waals surface area contributed by atoms with Crippen LogP contribution in [0.1, 0.15) is 52.6 Å². The molecule has 2 aromatic carbocycles. The van der Waals surface area contributed by atoms with E-state index >= 15 is 0 Å². The summed E-state index contributed by atoms with van der Waals surface area (Å²) in [4.78, 5) is 23.7. The zero-order chi connectivity index (χ0) is 30.9. The van der Waals surface area contributed by atoms with Crippen molar-refractivity contribution in [3.8, 4) is 5.88 Å². The Bertz CT molecular complexity index is 1830. The number of nitrogens with zero attached hydrogens (tertiary/aromatic N) is 6. The monoisotopic (exact) mass is 616 g/mol. The number of hydrogen-bond acceptors (Lipinski definition) is 7. The molecule has 0 saturated carbocycles. The van der Waals surface area contributed by atoms with Crippen LogP contribution < -0.4 is 4.74 Å². The fraction of sp³-hybridized carbons (Fsp3) is 0.394. The van der Waals surface area contributed by atoms with Crippen LogP contribution in [-0.2, 0) is 31.0 Å². The maximum Gasteiger partial charge on any atom is 0.335 e. The molecule has 3 aromatic heterocycles. The van der Waals surface area contributed by atoms with Gasteiger partial charge in [-0.2, -0.15) is 5.10 Å². The number of aromatic carboxylic acids is 1. The molecule has 2 aliphatic rings. The highest BCUT2D eigenvalue weighted by atomic mass is 19.3. The number of ether oxygens (including phenoxy) is 2. The lowest BCUT2D eigenvalue weighted by molar-refractivity contribution is -0.0592. The molecule has 2 aliphatic heterocycles. The second-order valence-corrected chi connectivity index (χ2v) is 11.8. The minimum absolute atomic E-state index is 0.125. The predicted octanol–water partition coefficient (Wildman–Crippen LogP) is 5.49. The van der Waals surface area contributed by atoms with E-state index in [0.29, 0.717) is 37.0 Å². The average molecular weight is 617 g/mol. The lowest BCUT2D eigenvalue weighted by Crippen LogP contribution is -2.35. The van der Waals surface area contributed by atoms with Gasteiger partial charge in [0.2, 0.25) is 5.88 Å². The van der Waals surface area contributed by atoms with E-state index in [4.69, 9.17) is 19.4 Å². The number of hydrogen-bond donors (Lipinski definition) is 1. The van der Waals surface area contributed by atoms with Gasteiger partial charge in [-0.3, -0.25) is 9.58 Å². The van der Waals surface area contributed by atoms with E-state index < -0.39 is 18.9 Å². The number of halogens is 2. The second kappa shape index (κ2) is 12.5. The van der Waals surface area contributed by atoms with Gasteiger partial charge < -0.3 is 19.1 Å². The second-order valence-electron chi connectivity index (χ2n) is 11.8. The fourth-order valence-corrected chi connectivity index (χ4v) is 6.18. The van der Waals surface area contributed by atoms with Crippen molar-refractivity contribution in [1.29, 1.82) is 0 Å². The Morgan fingerprint density at radius 2 is 1.89 bits per heavy atom. The summed E-state index contributed by atoms with van der Waals surface area (Å²) < 4.78 is 40.6. The minimum Gasteiger partial charge on any atom is -0.478 e. The highest BCUT2D eigenvalue weighted by molar-refractivity contribution is 5.92. The topological polar surface area (TPSA) is 108 Å². The van der Waals surface area contributed by atoms with Crippen LogP contribution in [0.25, 0.3) is 21.9 Å². The number of pyridine rings is 1. The van der Waals surface area contributed by atoms with Crippen molar-refractivity contribution < 1.29 is 28.2 Å². The molecule has 5 aromatic rings. The van der Waals surface area contributed by atoms with E-state index in [1.807, 2.05) is 36.4 Å². The van der Waals surface area contributed by atoms with Crippen molar-refractivity contribution in [2.45, 2.75) is 64.0 Å². The number of piperidine rings is 1. The molecule has 2 fully saturated rings.